The molecule has 3 aromatic carbocycles. The summed E-state index contributed by atoms with van der Waals surface area (Å²) in [6.45, 7) is 0.107. The summed E-state index contributed by atoms with van der Waals surface area (Å²) in [5, 5.41) is 3.51. The first-order valence-corrected chi connectivity index (χ1v) is 13.5. The van der Waals surface area contributed by atoms with Gasteiger partial charge in [0.2, 0.25) is 24.4 Å². The van der Waals surface area contributed by atoms with Gasteiger partial charge in [0.25, 0.3) is 0 Å². The van der Waals surface area contributed by atoms with Gasteiger partial charge in [0.1, 0.15) is 0 Å². The number of rotatable bonds is 7. The van der Waals surface area contributed by atoms with Crippen LogP contribution in [0, 0.1) is 5.92 Å². The summed E-state index contributed by atoms with van der Waals surface area (Å²) in [5.41, 5.74) is 2.06. The number of amides is 2. The molecule has 1 saturated heterocycles. The Hall–Kier alpha value is -4.51. The summed E-state index contributed by atoms with van der Waals surface area (Å²) in [7, 11) is 4.58. The van der Waals surface area contributed by atoms with Crippen LogP contribution in [0.25, 0.3) is 10.2 Å². The standard InChI is InChI=1S/C29H27N3O7S/c1-35-22-12-16(13-23(36-2)27(22)37-3)26-18(28(34)31-29-30-19-6-4-5-7-24(19)40-29)9-11-25(33)32(26)17-8-10-20-21(14-17)39-15-38-20/h4-8,10,12-14,18,26H,9,11,15H2,1-3H3,(H,30,31,34)/t18-,26+/m1/s1. The SMILES string of the molecule is COc1cc([C@H]2[C@H](C(=O)Nc3nc4ccccc4s3)CCC(=O)N2c2ccc3c(c2)OCO3)cc(OC)c1OC. The fourth-order valence-electron chi connectivity index (χ4n) is 5.28. The van der Waals surface area contributed by atoms with Crippen molar-refractivity contribution in [2.45, 2.75) is 18.9 Å². The Labute approximate surface area is 234 Å². The lowest BCUT2D eigenvalue weighted by atomic mass is 9.83. The van der Waals surface area contributed by atoms with E-state index in [1.54, 1.807) is 35.2 Å². The highest BCUT2D eigenvalue weighted by atomic mass is 32.1. The smallest absolute Gasteiger partial charge is 0.231 e. The largest absolute Gasteiger partial charge is 0.493 e. The predicted octanol–water partition coefficient (Wildman–Crippen LogP) is 5.17. The van der Waals surface area contributed by atoms with Crippen LogP contribution in [0.2, 0.25) is 0 Å². The second-order valence-corrected chi connectivity index (χ2v) is 10.4. The Morgan fingerprint density at radius 1 is 1.00 bits per heavy atom. The van der Waals surface area contributed by atoms with Crippen molar-refractivity contribution in [1.29, 1.82) is 0 Å². The van der Waals surface area contributed by atoms with Crippen molar-refractivity contribution in [1.82, 2.24) is 4.98 Å². The van der Waals surface area contributed by atoms with Crippen LogP contribution in [-0.2, 0) is 9.59 Å². The van der Waals surface area contributed by atoms with Gasteiger partial charge in [-0.2, -0.15) is 0 Å². The predicted molar refractivity (Wildman–Crippen MR) is 150 cm³/mol. The van der Waals surface area contributed by atoms with Crippen molar-refractivity contribution in [3.63, 3.8) is 0 Å². The van der Waals surface area contributed by atoms with Gasteiger partial charge in [0.05, 0.1) is 43.5 Å². The quantitative estimate of drug-likeness (QED) is 0.329. The number of hydrogen-bond donors (Lipinski definition) is 1. The average molecular weight is 562 g/mol. The molecule has 3 heterocycles. The zero-order valence-electron chi connectivity index (χ0n) is 22.1. The Balaban J connectivity index is 1.45. The number of benzene rings is 3. The molecule has 1 aromatic heterocycles. The van der Waals surface area contributed by atoms with Crippen LogP contribution in [0.15, 0.2) is 54.6 Å². The number of carbonyl (C=O) groups excluding carboxylic acids is 2. The fraction of sp³-hybridized carbons (Fsp3) is 0.276. The van der Waals surface area contributed by atoms with E-state index in [0.29, 0.717) is 51.6 Å². The summed E-state index contributed by atoms with van der Waals surface area (Å²) in [6.07, 6.45) is 0.533. The van der Waals surface area contributed by atoms with E-state index in [4.69, 9.17) is 23.7 Å². The molecule has 4 aromatic rings. The maximum Gasteiger partial charge on any atom is 0.231 e. The first kappa shape index (κ1) is 25.8. The summed E-state index contributed by atoms with van der Waals surface area (Å²) in [6, 6.07) is 15.9. The number of thiazole rings is 1. The number of hydrogen-bond acceptors (Lipinski definition) is 9. The highest BCUT2D eigenvalue weighted by Gasteiger charge is 2.43. The normalized spacial score (nSPS) is 18.1. The average Bonchev–Trinajstić information content (AvgIpc) is 3.62. The summed E-state index contributed by atoms with van der Waals surface area (Å²) in [5.74, 6) is 1.42. The van der Waals surface area contributed by atoms with Crippen molar-refractivity contribution < 1.29 is 33.3 Å². The molecule has 0 bridgehead atoms. The zero-order chi connectivity index (χ0) is 27.8. The molecule has 0 saturated carbocycles. The van der Waals surface area contributed by atoms with Gasteiger partial charge in [0, 0.05) is 18.2 Å². The van der Waals surface area contributed by atoms with Gasteiger partial charge < -0.3 is 33.9 Å². The van der Waals surface area contributed by atoms with E-state index in [1.165, 1.54) is 32.7 Å². The van der Waals surface area contributed by atoms with Gasteiger partial charge in [-0.1, -0.05) is 23.5 Å². The third kappa shape index (κ3) is 4.51. The lowest BCUT2D eigenvalue weighted by Gasteiger charge is -2.41. The number of ether oxygens (including phenoxy) is 5. The Morgan fingerprint density at radius 3 is 2.48 bits per heavy atom. The monoisotopic (exact) mass is 561 g/mol. The zero-order valence-corrected chi connectivity index (χ0v) is 22.9. The highest BCUT2D eigenvalue weighted by Crippen LogP contribution is 2.47. The number of piperidine rings is 1. The second-order valence-electron chi connectivity index (χ2n) is 9.33. The van der Waals surface area contributed by atoms with Gasteiger partial charge in [-0.05, 0) is 48.4 Å². The van der Waals surface area contributed by atoms with E-state index in [0.717, 1.165) is 10.2 Å². The topological polar surface area (TPSA) is 108 Å². The molecule has 6 rings (SSSR count). The molecule has 2 atom stereocenters. The van der Waals surface area contributed by atoms with Crippen LogP contribution in [0.4, 0.5) is 10.8 Å². The molecule has 1 fully saturated rings. The van der Waals surface area contributed by atoms with Crippen molar-refractivity contribution in [3.05, 3.63) is 60.2 Å². The molecule has 206 valence electrons. The molecule has 0 radical (unpaired) electrons. The van der Waals surface area contributed by atoms with Gasteiger partial charge in [-0.15, -0.1) is 0 Å². The van der Waals surface area contributed by atoms with E-state index in [-0.39, 0.29) is 25.0 Å². The van der Waals surface area contributed by atoms with Crippen molar-refractivity contribution in [2.24, 2.45) is 5.92 Å². The number of anilines is 2. The maximum atomic E-state index is 13.9. The van der Waals surface area contributed by atoms with E-state index in [1.807, 2.05) is 24.3 Å². The Bertz CT molecular complexity index is 1550. The van der Waals surface area contributed by atoms with E-state index in [2.05, 4.69) is 10.3 Å². The van der Waals surface area contributed by atoms with E-state index in [9.17, 15) is 9.59 Å². The van der Waals surface area contributed by atoms with E-state index >= 15 is 0 Å². The first-order chi connectivity index (χ1) is 19.5. The van der Waals surface area contributed by atoms with Gasteiger partial charge in [0.15, 0.2) is 28.1 Å². The minimum Gasteiger partial charge on any atom is -0.493 e. The number of aromatic nitrogens is 1. The van der Waals surface area contributed by atoms with Gasteiger partial charge in [-0.25, -0.2) is 4.98 Å². The lowest BCUT2D eigenvalue weighted by Crippen LogP contribution is -2.47. The summed E-state index contributed by atoms with van der Waals surface area (Å²) >= 11 is 1.40. The minimum atomic E-state index is -0.690. The number of nitrogens with zero attached hydrogens (tertiary/aromatic N) is 2. The number of nitrogens with one attached hydrogen (secondary N) is 1. The highest BCUT2D eigenvalue weighted by molar-refractivity contribution is 7.22. The molecular weight excluding hydrogens is 534 g/mol. The Kier molecular flexibility index (Phi) is 6.81. The third-order valence-corrected chi connectivity index (χ3v) is 8.07. The summed E-state index contributed by atoms with van der Waals surface area (Å²) < 4.78 is 28.8. The molecule has 1 N–H and O–H groups in total. The maximum absolute atomic E-state index is 13.9. The molecule has 40 heavy (non-hydrogen) atoms. The second kappa shape index (κ2) is 10.6. The van der Waals surface area contributed by atoms with Crippen molar-refractivity contribution in [3.8, 4) is 28.7 Å². The number of fused-ring (bicyclic) bond motifs is 2. The Morgan fingerprint density at radius 2 is 1.75 bits per heavy atom. The number of para-hydroxylation sites is 1. The molecular formula is C29H27N3O7S. The van der Waals surface area contributed by atoms with Crippen LogP contribution in [0.1, 0.15) is 24.4 Å². The van der Waals surface area contributed by atoms with Crippen molar-refractivity contribution >= 4 is 44.2 Å². The molecule has 0 aliphatic carbocycles. The van der Waals surface area contributed by atoms with Gasteiger partial charge in [-0.3, -0.25) is 9.59 Å². The van der Waals surface area contributed by atoms with E-state index < -0.39 is 12.0 Å². The first-order valence-electron chi connectivity index (χ1n) is 12.7. The molecule has 2 aliphatic heterocycles. The minimum absolute atomic E-state index is 0.107. The summed E-state index contributed by atoms with van der Waals surface area (Å²) in [4.78, 5) is 33.7. The number of methoxy groups -OCH3 is 3. The van der Waals surface area contributed by atoms with Crippen LogP contribution in [0.3, 0.4) is 0 Å². The molecule has 10 nitrogen and oxygen atoms in total. The van der Waals surface area contributed by atoms with Crippen LogP contribution in [0.5, 0.6) is 28.7 Å². The van der Waals surface area contributed by atoms with Crippen LogP contribution in [-0.4, -0.2) is 44.9 Å². The molecule has 0 unspecified atom stereocenters. The van der Waals surface area contributed by atoms with Crippen LogP contribution < -0.4 is 33.9 Å². The molecule has 2 aliphatic rings. The van der Waals surface area contributed by atoms with Crippen LogP contribution >= 0.6 is 11.3 Å². The molecule has 11 heteroatoms. The molecule has 0 spiro atoms. The fourth-order valence-corrected chi connectivity index (χ4v) is 6.15. The van der Waals surface area contributed by atoms with Crippen molar-refractivity contribution in [2.75, 3.05) is 38.3 Å². The number of carbonyl (C=O) groups is 2. The molecule has 2 amide bonds. The van der Waals surface area contributed by atoms with Gasteiger partial charge >= 0.3 is 0 Å². The third-order valence-electron chi connectivity index (χ3n) is 7.12. The lowest BCUT2D eigenvalue weighted by molar-refractivity contribution is -0.125.